The Morgan fingerprint density at radius 2 is 1.86 bits per heavy atom. The number of H-pyrrole nitrogens is 1. The normalized spacial score (nSPS) is 20.1. The molecule has 2 aliphatic rings. The predicted molar refractivity (Wildman–Crippen MR) is 135 cm³/mol. The Balaban J connectivity index is 1.55. The Kier molecular flexibility index (Phi) is 6.09. The van der Waals surface area contributed by atoms with Gasteiger partial charge in [-0.3, -0.25) is 14.4 Å². The van der Waals surface area contributed by atoms with E-state index in [9.17, 15) is 14.4 Å². The molecule has 35 heavy (non-hydrogen) atoms. The lowest BCUT2D eigenvalue weighted by molar-refractivity contribution is -0.133. The molecule has 0 spiro atoms. The molecule has 5 rings (SSSR count). The number of aromatic amines is 1. The summed E-state index contributed by atoms with van der Waals surface area (Å²) in [5.41, 5.74) is 4.55. The number of hydrogen-bond donors (Lipinski definition) is 3. The fourth-order valence-corrected chi connectivity index (χ4v) is 5.45. The van der Waals surface area contributed by atoms with E-state index in [2.05, 4.69) is 21.7 Å². The van der Waals surface area contributed by atoms with Crippen LogP contribution in [0.15, 0.2) is 48.5 Å². The van der Waals surface area contributed by atoms with Crippen molar-refractivity contribution in [2.45, 2.75) is 58.2 Å². The van der Waals surface area contributed by atoms with Gasteiger partial charge in [-0.2, -0.15) is 0 Å². The van der Waals surface area contributed by atoms with Crippen LogP contribution in [-0.4, -0.2) is 46.2 Å². The van der Waals surface area contributed by atoms with Crippen molar-refractivity contribution in [3.8, 4) is 0 Å². The van der Waals surface area contributed by atoms with Crippen LogP contribution >= 0.6 is 0 Å². The number of benzene rings is 2. The van der Waals surface area contributed by atoms with Crippen LogP contribution in [-0.2, 0) is 16.0 Å². The maximum Gasteiger partial charge on any atom is 0.255 e. The summed E-state index contributed by atoms with van der Waals surface area (Å²) in [4.78, 5) is 45.5. The zero-order valence-electron chi connectivity index (χ0n) is 20.4. The van der Waals surface area contributed by atoms with E-state index in [1.54, 1.807) is 4.90 Å². The molecule has 3 N–H and O–H groups in total. The molecule has 2 aromatic carbocycles. The molecular weight excluding hydrogens is 440 g/mol. The van der Waals surface area contributed by atoms with Crippen molar-refractivity contribution in [3.05, 3.63) is 70.9 Å². The summed E-state index contributed by atoms with van der Waals surface area (Å²) in [6.07, 6.45) is 1.96. The maximum absolute atomic E-state index is 13.8. The molecular formula is C28H32N4O3. The molecule has 7 nitrogen and oxygen atoms in total. The minimum Gasteiger partial charge on any atom is -0.356 e. The van der Waals surface area contributed by atoms with Crippen LogP contribution in [0.4, 0.5) is 0 Å². The molecule has 0 saturated heterocycles. The molecule has 1 aromatic heterocycles. The van der Waals surface area contributed by atoms with E-state index in [1.807, 2.05) is 63.2 Å². The van der Waals surface area contributed by atoms with Gasteiger partial charge in [0.1, 0.15) is 12.1 Å². The Labute approximate surface area is 205 Å². The van der Waals surface area contributed by atoms with Crippen LogP contribution in [0.2, 0.25) is 0 Å². The lowest BCUT2D eigenvalue weighted by Crippen LogP contribution is -2.58. The van der Waals surface area contributed by atoms with Crippen LogP contribution in [0.5, 0.6) is 0 Å². The zero-order chi connectivity index (χ0) is 24.7. The van der Waals surface area contributed by atoms with Gasteiger partial charge >= 0.3 is 0 Å². The summed E-state index contributed by atoms with van der Waals surface area (Å²) in [7, 11) is 0. The van der Waals surface area contributed by atoms with Crippen LogP contribution in [0.3, 0.4) is 0 Å². The number of nitrogens with one attached hydrogen (secondary N) is 3. The van der Waals surface area contributed by atoms with Crippen molar-refractivity contribution in [1.29, 1.82) is 0 Å². The highest BCUT2D eigenvalue weighted by atomic mass is 16.2. The van der Waals surface area contributed by atoms with Crippen LogP contribution in [0.25, 0.3) is 10.9 Å². The highest BCUT2D eigenvalue weighted by Crippen LogP contribution is 2.46. The third kappa shape index (κ3) is 3.79. The number of carbonyl (C=O) groups is 3. The fraction of sp³-hybridized carbons (Fsp3) is 0.393. The number of nitrogens with zero attached hydrogens (tertiary/aromatic N) is 1. The van der Waals surface area contributed by atoms with Gasteiger partial charge in [0, 0.05) is 35.1 Å². The van der Waals surface area contributed by atoms with Gasteiger partial charge in [-0.05, 0) is 35.6 Å². The summed E-state index contributed by atoms with van der Waals surface area (Å²) < 4.78 is 0. The van der Waals surface area contributed by atoms with Gasteiger partial charge in [0.15, 0.2) is 0 Å². The number of fused-ring (bicyclic) bond motifs is 7. The van der Waals surface area contributed by atoms with Crippen LogP contribution in [0, 0.1) is 5.92 Å². The monoisotopic (exact) mass is 472 g/mol. The second kappa shape index (κ2) is 9.21. The average molecular weight is 473 g/mol. The molecule has 0 unspecified atom stereocenters. The Morgan fingerprint density at radius 1 is 1.11 bits per heavy atom. The highest BCUT2D eigenvalue weighted by molar-refractivity contribution is 6.04. The Bertz CT molecular complexity index is 1300. The summed E-state index contributed by atoms with van der Waals surface area (Å²) >= 11 is 0. The number of para-hydroxylation sites is 1. The second-order valence-electron chi connectivity index (χ2n) is 9.65. The first-order valence-electron chi connectivity index (χ1n) is 12.5. The van der Waals surface area contributed by atoms with Crippen molar-refractivity contribution in [2.75, 3.05) is 6.54 Å². The average Bonchev–Trinajstić information content (AvgIpc) is 3.40. The number of rotatable bonds is 7. The van der Waals surface area contributed by atoms with E-state index in [1.165, 1.54) is 0 Å². The molecule has 0 radical (unpaired) electrons. The van der Waals surface area contributed by atoms with Gasteiger partial charge in [0.25, 0.3) is 5.91 Å². The van der Waals surface area contributed by atoms with E-state index >= 15 is 0 Å². The lowest BCUT2D eigenvalue weighted by Gasteiger charge is -2.38. The number of aromatic nitrogens is 1. The van der Waals surface area contributed by atoms with Gasteiger partial charge in [-0.15, -0.1) is 0 Å². The molecule has 3 amide bonds. The second-order valence-corrected chi connectivity index (χ2v) is 9.65. The fourth-order valence-electron chi connectivity index (χ4n) is 5.45. The van der Waals surface area contributed by atoms with Crippen LogP contribution < -0.4 is 10.6 Å². The minimum absolute atomic E-state index is 0.0367. The third-order valence-electron chi connectivity index (χ3n) is 7.50. The molecule has 0 aliphatic carbocycles. The maximum atomic E-state index is 13.8. The van der Waals surface area contributed by atoms with Gasteiger partial charge in [0.2, 0.25) is 11.8 Å². The summed E-state index contributed by atoms with van der Waals surface area (Å²) in [5.74, 6) is -0.648. The first-order valence-corrected chi connectivity index (χ1v) is 12.5. The summed E-state index contributed by atoms with van der Waals surface area (Å²) in [6, 6.07) is 13.9. The molecule has 4 atom stereocenters. The van der Waals surface area contributed by atoms with E-state index in [0.717, 1.165) is 40.6 Å². The molecule has 182 valence electrons. The number of carbonyl (C=O) groups excluding carboxylic acids is 3. The quantitative estimate of drug-likeness (QED) is 0.489. The molecule has 0 saturated carbocycles. The largest absolute Gasteiger partial charge is 0.356 e. The van der Waals surface area contributed by atoms with E-state index in [4.69, 9.17) is 0 Å². The molecule has 7 heteroatoms. The van der Waals surface area contributed by atoms with Gasteiger partial charge in [0.05, 0.1) is 6.04 Å². The number of hydrogen-bond acceptors (Lipinski definition) is 3. The lowest BCUT2D eigenvalue weighted by atomic mass is 9.89. The van der Waals surface area contributed by atoms with Crippen molar-refractivity contribution in [1.82, 2.24) is 20.5 Å². The summed E-state index contributed by atoms with van der Waals surface area (Å²) in [5, 5.41) is 7.01. The summed E-state index contributed by atoms with van der Waals surface area (Å²) in [6.45, 7) is 6.53. The molecule has 0 bridgehead atoms. The predicted octanol–water partition coefficient (Wildman–Crippen LogP) is 3.69. The van der Waals surface area contributed by atoms with Crippen molar-refractivity contribution < 1.29 is 14.4 Å². The van der Waals surface area contributed by atoms with E-state index < -0.39 is 12.1 Å². The van der Waals surface area contributed by atoms with Gasteiger partial charge in [-0.1, -0.05) is 63.6 Å². The van der Waals surface area contributed by atoms with Gasteiger partial charge < -0.3 is 20.5 Å². The highest BCUT2D eigenvalue weighted by Gasteiger charge is 2.49. The van der Waals surface area contributed by atoms with E-state index in [0.29, 0.717) is 18.5 Å². The van der Waals surface area contributed by atoms with Crippen molar-refractivity contribution in [3.63, 3.8) is 0 Å². The van der Waals surface area contributed by atoms with E-state index in [-0.39, 0.29) is 29.7 Å². The molecule has 3 aromatic rings. The smallest absolute Gasteiger partial charge is 0.255 e. The first kappa shape index (κ1) is 23.1. The SMILES string of the molecule is CCCNC(=O)[C@@H](NC(=O)[C@@H]1Cc2c([nH]c3ccccc23)[C@H]2c3ccccc3C(=O)N21)[C@@H](C)CC. The van der Waals surface area contributed by atoms with Crippen molar-refractivity contribution in [2.24, 2.45) is 5.92 Å². The Morgan fingerprint density at radius 3 is 2.63 bits per heavy atom. The van der Waals surface area contributed by atoms with Crippen molar-refractivity contribution >= 4 is 28.6 Å². The van der Waals surface area contributed by atoms with Gasteiger partial charge in [-0.25, -0.2) is 0 Å². The Hall–Kier alpha value is -3.61. The molecule has 0 fully saturated rings. The topological polar surface area (TPSA) is 94.3 Å². The number of amides is 3. The van der Waals surface area contributed by atoms with Crippen LogP contribution in [0.1, 0.15) is 66.8 Å². The molecule has 3 heterocycles. The standard InChI is InChI=1S/C28H32N4O3/c1-4-14-29-27(34)23(16(3)5-2)31-26(33)22-15-20-17-10-8-9-13-21(17)30-24(20)25-18-11-6-7-12-19(18)28(35)32(22)25/h6-13,16,22-23,25,30H,4-5,14-15H2,1-3H3,(H,29,34)(H,31,33)/t16-,22-,23-,25+/m0/s1. The third-order valence-corrected chi connectivity index (χ3v) is 7.50. The zero-order valence-corrected chi connectivity index (χ0v) is 20.4. The first-order chi connectivity index (χ1) is 17.0. The minimum atomic E-state index is -0.711. The molecule has 2 aliphatic heterocycles.